The second-order valence-electron chi connectivity index (χ2n) is 7.36. The van der Waals surface area contributed by atoms with Crippen molar-refractivity contribution in [2.24, 2.45) is 0 Å². The third-order valence-electron chi connectivity index (χ3n) is 5.17. The Morgan fingerprint density at radius 1 is 1.10 bits per heavy atom. The zero-order chi connectivity index (χ0) is 21.0. The number of carbonyl (C=O) groups is 2. The summed E-state index contributed by atoms with van der Waals surface area (Å²) < 4.78 is 32.6. The maximum absolute atomic E-state index is 13.0. The second kappa shape index (κ2) is 9.10. The number of benzene rings is 1. The summed E-state index contributed by atoms with van der Waals surface area (Å²) in [5.74, 6) is -0.695. The van der Waals surface area contributed by atoms with Crippen molar-refractivity contribution in [3.8, 4) is 0 Å². The first-order valence-corrected chi connectivity index (χ1v) is 11.2. The summed E-state index contributed by atoms with van der Waals surface area (Å²) in [5, 5.41) is 2.62. The van der Waals surface area contributed by atoms with Crippen molar-refractivity contribution in [2.75, 3.05) is 64.9 Å². The summed E-state index contributed by atoms with van der Waals surface area (Å²) in [5.41, 5.74) is 0.964. The van der Waals surface area contributed by atoms with Crippen LogP contribution in [0.4, 0.5) is 5.69 Å². The number of hydrogen-bond donors (Lipinski definition) is 1. The van der Waals surface area contributed by atoms with Crippen molar-refractivity contribution >= 4 is 27.5 Å². The predicted octanol–water partition coefficient (Wildman–Crippen LogP) is 0.126. The van der Waals surface area contributed by atoms with Crippen LogP contribution in [0.2, 0.25) is 0 Å². The molecule has 0 spiro atoms. The third kappa shape index (κ3) is 4.88. The molecule has 2 amide bonds. The smallest absolute Gasteiger partial charge is 0.253 e. The lowest BCUT2D eigenvalue weighted by Crippen LogP contribution is -2.41. The first kappa shape index (κ1) is 21.5. The number of hydrogen-bond acceptors (Lipinski definition) is 6. The zero-order valence-corrected chi connectivity index (χ0v) is 17.7. The highest BCUT2D eigenvalue weighted by molar-refractivity contribution is 7.89. The quantitative estimate of drug-likeness (QED) is 0.697. The molecule has 2 saturated heterocycles. The lowest BCUT2D eigenvalue weighted by Gasteiger charge is -2.27. The van der Waals surface area contributed by atoms with E-state index in [1.807, 2.05) is 0 Å². The van der Waals surface area contributed by atoms with E-state index in [0.717, 1.165) is 25.9 Å². The van der Waals surface area contributed by atoms with E-state index in [1.54, 1.807) is 26.2 Å². The molecule has 2 aliphatic heterocycles. The van der Waals surface area contributed by atoms with Gasteiger partial charge in [0, 0.05) is 46.0 Å². The Hall–Kier alpha value is -2.17. The average Bonchev–Trinajstić information content (AvgIpc) is 3.26. The highest BCUT2D eigenvalue weighted by Gasteiger charge is 2.29. The minimum atomic E-state index is -3.72. The summed E-state index contributed by atoms with van der Waals surface area (Å²) in [4.78, 5) is 28.2. The van der Waals surface area contributed by atoms with Crippen molar-refractivity contribution in [1.82, 2.24) is 14.5 Å². The van der Waals surface area contributed by atoms with Crippen LogP contribution in [0.3, 0.4) is 0 Å². The Morgan fingerprint density at radius 2 is 1.76 bits per heavy atom. The van der Waals surface area contributed by atoms with E-state index in [0.29, 0.717) is 18.9 Å². The van der Waals surface area contributed by atoms with E-state index < -0.39 is 15.9 Å². The van der Waals surface area contributed by atoms with Crippen LogP contribution in [-0.2, 0) is 19.6 Å². The van der Waals surface area contributed by atoms with Gasteiger partial charge in [-0.3, -0.25) is 9.59 Å². The van der Waals surface area contributed by atoms with Crippen LogP contribution in [-0.4, -0.2) is 89.5 Å². The van der Waals surface area contributed by atoms with Crippen molar-refractivity contribution in [1.29, 1.82) is 0 Å². The molecule has 0 aromatic heterocycles. The number of morpholine rings is 1. The van der Waals surface area contributed by atoms with E-state index in [9.17, 15) is 18.0 Å². The minimum absolute atomic E-state index is 0.0754. The van der Waals surface area contributed by atoms with Gasteiger partial charge >= 0.3 is 0 Å². The van der Waals surface area contributed by atoms with E-state index >= 15 is 0 Å². The molecule has 1 aromatic rings. The standard InChI is InChI=1S/C19H28N4O5S/c1-21(2)18(24)14-20-19(25)16-13-15(5-6-17(16)22-7-3-4-8-22)29(26,27)23-9-11-28-12-10-23/h5-6,13H,3-4,7-12,14H2,1-2H3,(H,20,25). The molecule has 2 heterocycles. The van der Waals surface area contributed by atoms with Gasteiger partial charge in [0.25, 0.3) is 5.91 Å². The first-order chi connectivity index (χ1) is 13.8. The van der Waals surface area contributed by atoms with Gasteiger partial charge in [-0.05, 0) is 31.0 Å². The van der Waals surface area contributed by atoms with Gasteiger partial charge in [-0.15, -0.1) is 0 Å². The van der Waals surface area contributed by atoms with Gasteiger partial charge in [-0.2, -0.15) is 4.31 Å². The molecule has 0 saturated carbocycles. The molecule has 29 heavy (non-hydrogen) atoms. The Morgan fingerprint density at radius 3 is 2.38 bits per heavy atom. The lowest BCUT2D eigenvalue weighted by atomic mass is 10.1. The first-order valence-electron chi connectivity index (χ1n) is 9.76. The molecule has 0 aliphatic carbocycles. The Labute approximate surface area is 171 Å². The lowest BCUT2D eigenvalue weighted by molar-refractivity contribution is -0.127. The maximum Gasteiger partial charge on any atom is 0.253 e. The molecule has 2 fully saturated rings. The van der Waals surface area contributed by atoms with Crippen molar-refractivity contribution in [3.63, 3.8) is 0 Å². The number of rotatable bonds is 6. The monoisotopic (exact) mass is 424 g/mol. The van der Waals surface area contributed by atoms with Gasteiger partial charge in [0.05, 0.1) is 30.2 Å². The fraction of sp³-hybridized carbons (Fsp3) is 0.579. The molecule has 1 N–H and O–H groups in total. The molecule has 1 aromatic carbocycles. The fourth-order valence-corrected chi connectivity index (χ4v) is 4.87. The zero-order valence-electron chi connectivity index (χ0n) is 16.9. The molecule has 0 radical (unpaired) electrons. The summed E-state index contributed by atoms with van der Waals surface area (Å²) >= 11 is 0. The number of ether oxygens (including phenoxy) is 1. The predicted molar refractivity (Wildman–Crippen MR) is 108 cm³/mol. The molecule has 9 nitrogen and oxygen atoms in total. The Kier molecular flexibility index (Phi) is 6.76. The van der Waals surface area contributed by atoms with Gasteiger partial charge in [0.2, 0.25) is 15.9 Å². The van der Waals surface area contributed by atoms with Crippen molar-refractivity contribution in [3.05, 3.63) is 23.8 Å². The maximum atomic E-state index is 13.0. The topological polar surface area (TPSA) is 99.3 Å². The van der Waals surface area contributed by atoms with Crippen molar-refractivity contribution in [2.45, 2.75) is 17.7 Å². The average molecular weight is 425 g/mol. The summed E-state index contributed by atoms with van der Waals surface area (Å²) in [6.45, 7) is 2.75. The normalized spacial score (nSPS) is 17.9. The SMILES string of the molecule is CN(C)C(=O)CNC(=O)c1cc(S(=O)(=O)N2CCOCC2)ccc1N1CCCC1. The van der Waals surface area contributed by atoms with Gasteiger partial charge in [-0.1, -0.05) is 0 Å². The molecule has 2 aliphatic rings. The molecule has 0 bridgehead atoms. The summed E-state index contributed by atoms with van der Waals surface area (Å²) in [7, 11) is -0.502. The van der Waals surface area contributed by atoms with Gasteiger partial charge in [0.1, 0.15) is 0 Å². The number of likely N-dealkylation sites (N-methyl/N-ethyl adjacent to an activating group) is 1. The van der Waals surface area contributed by atoms with E-state index in [1.165, 1.54) is 15.3 Å². The molecule has 0 atom stereocenters. The van der Waals surface area contributed by atoms with Crippen LogP contribution >= 0.6 is 0 Å². The number of sulfonamides is 1. The highest BCUT2D eigenvalue weighted by atomic mass is 32.2. The van der Waals surface area contributed by atoms with Crippen LogP contribution in [0, 0.1) is 0 Å². The Balaban J connectivity index is 1.91. The number of nitrogens with one attached hydrogen (secondary N) is 1. The van der Waals surface area contributed by atoms with Crippen molar-refractivity contribution < 1.29 is 22.7 Å². The molecular weight excluding hydrogens is 396 g/mol. The number of carbonyl (C=O) groups excluding carboxylic acids is 2. The molecular formula is C19H28N4O5S. The number of amides is 2. The van der Waals surface area contributed by atoms with Gasteiger partial charge in [0.15, 0.2) is 0 Å². The van der Waals surface area contributed by atoms with Crippen LogP contribution in [0.25, 0.3) is 0 Å². The van der Waals surface area contributed by atoms with Crippen LogP contribution in [0.1, 0.15) is 23.2 Å². The van der Waals surface area contributed by atoms with Gasteiger partial charge in [-0.25, -0.2) is 8.42 Å². The van der Waals surface area contributed by atoms with E-state index in [4.69, 9.17) is 4.74 Å². The summed E-state index contributed by atoms with van der Waals surface area (Å²) in [6, 6.07) is 4.68. The molecule has 160 valence electrons. The molecule has 10 heteroatoms. The largest absolute Gasteiger partial charge is 0.379 e. The van der Waals surface area contributed by atoms with Crippen LogP contribution in [0.15, 0.2) is 23.1 Å². The number of anilines is 1. The highest BCUT2D eigenvalue weighted by Crippen LogP contribution is 2.28. The Bertz CT molecular complexity index is 859. The number of nitrogens with zero attached hydrogens (tertiary/aromatic N) is 3. The second-order valence-corrected chi connectivity index (χ2v) is 9.30. The fourth-order valence-electron chi connectivity index (χ4n) is 3.44. The van der Waals surface area contributed by atoms with Crippen LogP contribution < -0.4 is 10.2 Å². The molecule has 3 rings (SSSR count). The minimum Gasteiger partial charge on any atom is -0.379 e. The van der Waals surface area contributed by atoms with E-state index in [-0.39, 0.29) is 36.0 Å². The van der Waals surface area contributed by atoms with Gasteiger partial charge < -0.3 is 19.9 Å². The molecule has 0 unspecified atom stereocenters. The third-order valence-corrected chi connectivity index (χ3v) is 7.06. The van der Waals surface area contributed by atoms with Crippen LogP contribution in [0.5, 0.6) is 0 Å². The summed E-state index contributed by atoms with van der Waals surface area (Å²) in [6.07, 6.45) is 2.04. The van der Waals surface area contributed by atoms with E-state index in [2.05, 4.69) is 10.2 Å².